The molecule has 0 heterocycles. The Morgan fingerprint density at radius 2 is 2.08 bits per heavy atom. The van der Waals surface area contributed by atoms with Gasteiger partial charge in [-0.1, -0.05) is 32.9 Å². The molecule has 2 heteroatoms. The Balaban J connectivity index is 3.50. The molecule has 0 aliphatic carbocycles. The molecule has 13 heavy (non-hydrogen) atoms. The smallest absolute Gasteiger partial charge is 0.0167 e. The predicted molar refractivity (Wildman–Crippen MR) is 64.2 cm³/mol. The topological polar surface area (TPSA) is 26.0 Å². The van der Waals surface area contributed by atoms with Crippen LogP contribution in [-0.2, 0) is 0 Å². The molecule has 78 valence electrons. The average Bonchev–Trinajstić information content (AvgIpc) is 2.13. The van der Waals surface area contributed by atoms with Gasteiger partial charge in [0.25, 0.3) is 0 Å². The van der Waals surface area contributed by atoms with Crippen LogP contribution >= 0.6 is 11.8 Å². The lowest BCUT2D eigenvalue weighted by atomic mass is 10.1. The van der Waals surface area contributed by atoms with Gasteiger partial charge in [0.05, 0.1) is 0 Å². The molecule has 2 unspecified atom stereocenters. The van der Waals surface area contributed by atoms with E-state index in [1.54, 1.807) is 0 Å². The average molecular weight is 201 g/mol. The summed E-state index contributed by atoms with van der Waals surface area (Å²) in [5.74, 6) is 1.06. The lowest BCUT2D eigenvalue weighted by Gasteiger charge is -2.14. The number of nitrogens with two attached hydrogens (primary N) is 1. The summed E-state index contributed by atoms with van der Waals surface area (Å²) in [6.07, 6.45) is 3.27. The highest BCUT2D eigenvalue weighted by Crippen LogP contribution is 2.16. The second kappa shape index (κ2) is 7.45. The molecule has 0 aromatic heterocycles. The molecule has 0 rings (SSSR count). The summed E-state index contributed by atoms with van der Waals surface area (Å²) >= 11 is 1.97. The molecule has 0 aliphatic heterocycles. The van der Waals surface area contributed by atoms with Gasteiger partial charge in [-0.15, -0.1) is 0 Å². The molecule has 0 fully saturated rings. The quantitative estimate of drug-likeness (QED) is 0.640. The van der Waals surface area contributed by atoms with Crippen LogP contribution in [0.1, 0.15) is 40.0 Å². The van der Waals surface area contributed by atoms with Gasteiger partial charge >= 0.3 is 0 Å². The Hall–Kier alpha value is 0.0500. The van der Waals surface area contributed by atoms with Crippen LogP contribution in [0, 0.1) is 0 Å². The third-order valence-electron chi connectivity index (χ3n) is 2.22. The minimum atomic E-state index is 0.298. The Bertz CT molecular complexity index is 145. The molecule has 0 saturated carbocycles. The van der Waals surface area contributed by atoms with Crippen molar-refractivity contribution in [2.75, 3.05) is 5.75 Å². The first-order valence-corrected chi connectivity index (χ1v) is 6.18. The van der Waals surface area contributed by atoms with E-state index >= 15 is 0 Å². The minimum Gasteiger partial charge on any atom is -0.327 e. The van der Waals surface area contributed by atoms with Crippen molar-refractivity contribution in [1.29, 1.82) is 0 Å². The first-order chi connectivity index (χ1) is 6.10. The molecule has 0 saturated heterocycles. The number of hydrogen-bond acceptors (Lipinski definition) is 2. The number of hydrogen-bond donors (Lipinski definition) is 1. The molecule has 0 aromatic rings. The first-order valence-electron chi connectivity index (χ1n) is 5.13. The summed E-state index contributed by atoms with van der Waals surface area (Å²) in [7, 11) is 0. The van der Waals surface area contributed by atoms with Gasteiger partial charge in [0, 0.05) is 17.0 Å². The Morgan fingerprint density at radius 3 is 2.54 bits per heavy atom. The third kappa shape index (κ3) is 7.15. The normalized spacial score (nSPS) is 15.4. The second-order valence-electron chi connectivity index (χ2n) is 3.62. The lowest BCUT2D eigenvalue weighted by Crippen LogP contribution is -2.24. The van der Waals surface area contributed by atoms with Crippen LogP contribution in [0.2, 0.25) is 0 Å². The first kappa shape index (κ1) is 13.1. The van der Waals surface area contributed by atoms with Crippen molar-refractivity contribution in [2.24, 2.45) is 5.73 Å². The van der Waals surface area contributed by atoms with Crippen LogP contribution in [-0.4, -0.2) is 17.0 Å². The SMILES string of the molecule is C=C(CC)CC(N)CSC(C)CC. The molecule has 0 spiro atoms. The Kier molecular flexibility index (Phi) is 7.48. The van der Waals surface area contributed by atoms with Crippen molar-refractivity contribution in [2.45, 2.75) is 51.3 Å². The van der Waals surface area contributed by atoms with E-state index in [-0.39, 0.29) is 0 Å². The highest BCUT2D eigenvalue weighted by atomic mass is 32.2. The van der Waals surface area contributed by atoms with Crippen molar-refractivity contribution in [3.8, 4) is 0 Å². The molecule has 2 N–H and O–H groups in total. The zero-order valence-electron chi connectivity index (χ0n) is 9.18. The zero-order chi connectivity index (χ0) is 10.3. The Labute approximate surface area is 87.2 Å². The van der Waals surface area contributed by atoms with Crippen LogP contribution in [0.25, 0.3) is 0 Å². The van der Waals surface area contributed by atoms with E-state index in [2.05, 4.69) is 27.4 Å². The van der Waals surface area contributed by atoms with Gasteiger partial charge in [-0.2, -0.15) is 11.8 Å². The van der Waals surface area contributed by atoms with Crippen LogP contribution in [0.5, 0.6) is 0 Å². The highest BCUT2D eigenvalue weighted by molar-refractivity contribution is 7.99. The van der Waals surface area contributed by atoms with Crippen molar-refractivity contribution in [3.05, 3.63) is 12.2 Å². The van der Waals surface area contributed by atoms with E-state index in [1.807, 2.05) is 11.8 Å². The predicted octanol–water partition coefficient (Wildman–Crippen LogP) is 3.20. The number of rotatable bonds is 7. The van der Waals surface area contributed by atoms with Crippen molar-refractivity contribution in [1.82, 2.24) is 0 Å². The van der Waals surface area contributed by atoms with Crippen molar-refractivity contribution in [3.63, 3.8) is 0 Å². The molecule has 0 aromatic carbocycles. The van der Waals surface area contributed by atoms with Gasteiger partial charge < -0.3 is 5.73 Å². The molecule has 0 radical (unpaired) electrons. The minimum absolute atomic E-state index is 0.298. The fourth-order valence-electron chi connectivity index (χ4n) is 0.980. The molecule has 0 aliphatic rings. The van der Waals surface area contributed by atoms with Crippen LogP contribution < -0.4 is 5.73 Å². The van der Waals surface area contributed by atoms with Gasteiger partial charge in [-0.3, -0.25) is 0 Å². The van der Waals surface area contributed by atoms with E-state index in [0.717, 1.165) is 23.8 Å². The number of thioether (sulfide) groups is 1. The van der Waals surface area contributed by atoms with Crippen LogP contribution in [0.15, 0.2) is 12.2 Å². The van der Waals surface area contributed by atoms with E-state index in [9.17, 15) is 0 Å². The summed E-state index contributed by atoms with van der Waals surface area (Å²) in [5.41, 5.74) is 7.25. The maximum absolute atomic E-state index is 5.97. The largest absolute Gasteiger partial charge is 0.327 e. The Morgan fingerprint density at radius 1 is 1.46 bits per heavy atom. The fraction of sp³-hybridized carbons (Fsp3) is 0.818. The summed E-state index contributed by atoms with van der Waals surface area (Å²) in [5, 5.41) is 0.737. The van der Waals surface area contributed by atoms with Gasteiger partial charge in [0.2, 0.25) is 0 Å². The monoisotopic (exact) mass is 201 g/mol. The molecular weight excluding hydrogens is 178 g/mol. The fourth-order valence-corrected chi connectivity index (χ4v) is 1.91. The van der Waals surface area contributed by atoms with Crippen molar-refractivity contribution >= 4 is 11.8 Å². The van der Waals surface area contributed by atoms with E-state index in [1.165, 1.54) is 12.0 Å². The molecule has 0 bridgehead atoms. The summed E-state index contributed by atoms with van der Waals surface area (Å²) in [4.78, 5) is 0. The lowest BCUT2D eigenvalue weighted by molar-refractivity contribution is 0.723. The summed E-state index contributed by atoms with van der Waals surface area (Å²) in [6.45, 7) is 10.6. The maximum Gasteiger partial charge on any atom is 0.0167 e. The zero-order valence-corrected chi connectivity index (χ0v) is 9.99. The third-order valence-corrected chi connectivity index (χ3v) is 3.74. The standard InChI is InChI=1S/C11H23NS/c1-5-9(3)7-11(12)8-13-10(4)6-2/h10-11H,3,5-8,12H2,1-2,4H3. The van der Waals surface area contributed by atoms with Gasteiger partial charge in [-0.05, 0) is 19.3 Å². The van der Waals surface area contributed by atoms with E-state index in [4.69, 9.17) is 5.73 Å². The van der Waals surface area contributed by atoms with Crippen molar-refractivity contribution < 1.29 is 0 Å². The van der Waals surface area contributed by atoms with E-state index < -0.39 is 0 Å². The van der Waals surface area contributed by atoms with Gasteiger partial charge in [-0.25, -0.2) is 0 Å². The molecule has 0 amide bonds. The summed E-state index contributed by atoms with van der Waals surface area (Å²) < 4.78 is 0. The second-order valence-corrected chi connectivity index (χ2v) is 5.09. The highest BCUT2D eigenvalue weighted by Gasteiger charge is 2.06. The maximum atomic E-state index is 5.97. The van der Waals surface area contributed by atoms with Crippen LogP contribution in [0.3, 0.4) is 0 Å². The van der Waals surface area contributed by atoms with E-state index in [0.29, 0.717) is 6.04 Å². The van der Waals surface area contributed by atoms with Crippen LogP contribution in [0.4, 0.5) is 0 Å². The van der Waals surface area contributed by atoms with Gasteiger partial charge in [0.15, 0.2) is 0 Å². The summed E-state index contributed by atoms with van der Waals surface area (Å²) in [6, 6.07) is 0.298. The molecule has 2 atom stereocenters. The molecule has 1 nitrogen and oxygen atoms in total. The molecular formula is C11H23NS. The van der Waals surface area contributed by atoms with Gasteiger partial charge in [0.1, 0.15) is 0 Å².